The number of hydrogen-bond acceptors (Lipinski definition) is 6. The first-order valence-corrected chi connectivity index (χ1v) is 14.1. The molecule has 3 atom stereocenters. The Bertz CT molecular complexity index is 1250. The summed E-state index contributed by atoms with van der Waals surface area (Å²) in [5, 5.41) is 17.3. The Hall–Kier alpha value is -3.20. The number of nitrogens with one attached hydrogen (secondary N) is 3. The number of rotatable bonds is 7. The maximum Gasteiger partial charge on any atom is 0.407 e. The van der Waals surface area contributed by atoms with Gasteiger partial charge in [0.15, 0.2) is 0 Å². The predicted octanol–water partition coefficient (Wildman–Crippen LogP) is 5.13. The minimum atomic E-state index is -4.50. The van der Waals surface area contributed by atoms with Gasteiger partial charge >= 0.3 is 6.18 Å². The quantitative estimate of drug-likeness (QED) is 0.314. The average molecular weight is 578 g/mol. The molecule has 11 heteroatoms. The van der Waals surface area contributed by atoms with E-state index in [-0.39, 0.29) is 17.0 Å². The van der Waals surface area contributed by atoms with Crippen molar-refractivity contribution in [2.24, 2.45) is 0 Å². The van der Waals surface area contributed by atoms with Gasteiger partial charge in [-0.3, -0.25) is 4.79 Å². The molecule has 2 unspecified atom stereocenters. The molecule has 3 N–H and O–H groups in total. The first-order valence-electron chi connectivity index (χ1n) is 13.2. The van der Waals surface area contributed by atoms with Gasteiger partial charge in [0.2, 0.25) is 5.91 Å². The molecule has 0 saturated carbocycles. The summed E-state index contributed by atoms with van der Waals surface area (Å²) in [6, 6.07) is 8.50. The Kier molecular flexibility index (Phi) is 11.3. The van der Waals surface area contributed by atoms with E-state index in [0.717, 1.165) is 35.2 Å². The van der Waals surface area contributed by atoms with Crippen LogP contribution >= 0.6 is 11.3 Å². The van der Waals surface area contributed by atoms with E-state index in [9.17, 15) is 22.4 Å². The predicted molar refractivity (Wildman–Crippen MR) is 150 cm³/mol. The second kappa shape index (κ2) is 14.4. The van der Waals surface area contributed by atoms with Gasteiger partial charge in [-0.05, 0) is 57.9 Å². The average Bonchev–Trinajstić information content (AvgIpc) is 3.54. The van der Waals surface area contributed by atoms with Crippen LogP contribution in [0.3, 0.4) is 0 Å². The maximum atomic E-state index is 13.7. The van der Waals surface area contributed by atoms with Crippen molar-refractivity contribution in [2.75, 3.05) is 20.1 Å². The van der Waals surface area contributed by atoms with Crippen molar-refractivity contribution in [3.05, 3.63) is 75.4 Å². The zero-order valence-electron chi connectivity index (χ0n) is 22.8. The summed E-state index contributed by atoms with van der Waals surface area (Å²) >= 11 is 1.51. The number of nitriles is 1. The Balaban J connectivity index is 0.000000222. The van der Waals surface area contributed by atoms with Crippen LogP contribution in [0.15, 0.2) is 48.7 Å². The molecule has 0 aliphatic carbocycles. The minimum absolute atomic E-state index is 0.0693. The molecule has 2 aliphatic heterocycles. The van der Waals surface area contributed by atoms with Crippen molar-refractivity contribution < 1.29 is 22.4 Å². The number of carbonyl (C=O) groups excluding carboxylic acids is 1. The molecule has 1 saturated heterocycles. The summed E-state index contributed by atoms with van der Waals surface area (Å²) in [4.78, 5) is 16.0. The van der Waals surface area contributed by atoms with Crippen LogP contribution in [0, 0.1) is 17.1 Å². The topological polar surface area (TPSA) is 80.2 Å². The van der Waals surface area contributed by atoms with Crippen molar-refractivity contribution in [3.63, 3.8) is 0 Å². The van der Waals surface area contributed by atoms with Gasteiger partial charge in [-0.1, -0.05) is 24.3 Å². The third-order valence-corrected chi connectivity index (χ3v) is 7.82. The van der Waals surface area contributed by atoms with Gasteiger partial charge in [0.25, 0.3) is 0 Å². The molecule has 0 radical (unpaired) electrons. The fraction of sp³-hybridized carbons (Fsp3) is 0.448. The van der Waals surface area contributed by atoms with Crippen LogP contribution in [0.2, 0.25) is 0 Å². The Morgan fingerprint density at radius 2 is 2.08 bits per heavy atom. The van der Waals surface area contributed by atoms with Crippen LogP contribution < -0.4 is 16.0 Å². The molecule has 0 bridgehead atoms. The van der Waals surface area contributed by atoms with Crippen molar-refractivity contribution in [3.8, 4) is 6.07 Å². The smallest absolute Gasteiger partial charge is 0.391 e. The zero-order chi connectivity index (χ0) is 29.3. The van der Waals surface area contributed by atoms with E-state index in [0.29, 0.717) is 25.2 Å². The van der Waals surface area contributed by atoms with Crippen LogP contribution in [-0.2, 0) is 17.8 Å². The number of fused-ring (bicyclic) bond motifs is 1. The number of carbonyl (C=O) groups is 1. The number of nitrogens with zero attached hydrogens (tertiary/aromatic N) is 2. The van der Waals surface area contributed by atoms with E-state index >= 15 is 0 Å². The highest BCUT2D eigenvalue weighted by Crippen LogP contribution is 2.32. The lowest BCUT2D eigenvalue weighted by Crippen LogP contribution is -2.41. The second-order valence-electron chi connectivity index (χ2n) is 9.69. The highest BCUT2D eigenvalue weighted by molar-refractivity contribution is 7.12. The van der Waals surface area contributed by atoms with E-state index < -0.39 is 18.0 Å². The number of alkyl halides is 3. The molecular weight excluding hydrogens is 542 g/mol. The lowest BCUT2D eigenvalue weighted by Gasteiger charge is -2.25. The summed E-state index contributed by atoms with van der Waals surface area (Å²) in [7, 11) is 1.19. The van der Waals surface area contributed by atoms with Gasteiger partial charge in [0.05, 0.1) is 6.54 Å². The highest BCUT2D eigenvalue weighted by Gasteiger charge is 2.42. The van der Waals surface area contributed by atoms with E-state index in [4.69, 9.17) is 5.26 Å². The van der Waals surface area contributed by atoms with Gasteiger partial charge in [-0.15, -0.1) is 11.3 Å². The van der Waals surface area contributed by atoms with Gasteiger partial charge < -0.3 is 20.9 Å². The minimum Gasteiger partial charge on any atom is -0.391 e. The van der Waals surface area contributed by atoms with Crippen molar-refractivity contribution in [1.82, 2.24) is 20.9 Å². The number of thiophene rings is 1. The normalized spacial score (nSPS) is 19.9. The SMILES string of the molecule is CCN/C=C(/c1ccccc1F)C(NC)C(F)(F)F.C[C@@H]1CCC(/C=C/C(=O)N2CCc3cc(C#N)sc3C2)N1. The summed E-state index contributed by atoms with van der Waals surface area (Å²) in [6.07, 6.45) is 3.53. The molecule has 1 aromatic carbocycles. The van der Waals surface area contributed by atoms with E-state index in [1.165, 1.54) is 54.8 Å². The van der Waals surface area contributed by atoms with E-state index in [1.54, 1.807) is 13.0 Å². The Morgan fingerprint density at radius 3 is 2.67 bits per heavy atom. The third kappa shape index (κ3) is 8.40. The van der Waals surface area contributed by atoms with Crippen molar-refractivity contribution in [2.45, 2.75) is 64.0 Å². The third-order valence-electron chi connectivity index (χ3n) is 6.76. The summed E-state index contributed by atoms with van der Waals surface area (Å²) in [5.41, 5.74) is 0.992. The lowest BCUT2D eigenvalue weighted by atomic mass is 9.98. The van der Waals surface area contributed by atoms with Crippen molar-refractivity contribution >= 4 is 22.8 Å². The molecular formula is C29H35F4N5OS. The lowest BCUT2D eigenvalue weighted by molar-refractivity contribution is -0.140. The summed E-state index contributed by atoms with van der Waals surface area (Å²) in [5.74, 6) is -0.606. The summed E-state index contributed by atoms with van der Waals surface area (Å²) < 4.78 is 52.6. The Labute approximate surface area is 236 Å². The molecule has 40 heavy (non-hydrogen) atoms. The first-order chi connectivity index (χ1) is 19.1. The molecule has 2 aliphatic rings. The molecule has 4 rings (SSSR count). The largest absolute Gasteiger partial charge is 0.407 e. The first kappa shape index (κ1) is 31.3. The monoisotopic (exact) mass is 577 g/mol. The number of halogens is 4. The van der Waals surface area contributed by atoms with Crippen LogP contribution in [0.25, 0.3) is 5.57 Å². The van der Waals surface area contributed by atoms with Gasteiger partial charge in [0, 0.05) is 53.5 Å². The number of benzene rings is 1. The number of amides is 1. The molecule has 1 fully saturated rings. The maximum absolute atomic E-state index is 13.7. The second-order valence-corrected chi connectivity index (χ2v) is 10.8. The van der Waals surface area contributed by atoms with Crippen LogP contribution in [0.5, 0.6) is 0 Å². The highest BCUT2D eigenvalue weighted by atomic mass is 32.1. The fourth-order valence-corrected chi connectivity index (χ4v) is 5.72. The van der Waals surface area contributed by atoms with Gasteiger partial charge in [-0.25, -0.2) is 4.39 Å². The van der Waals surface area contributed by atoms with Crippen LogP contribution in [-0.4, -0.2) is 55.2 Å². The molecule has 216 valence electrons. The van der Waals surface area contributed by atoms with E-state index in [2.05, 4.69) is 28.9 Å². The molecule has 3 heterocycles. The summed E-state index contributed by atoms with van der Waals surface area (Å²) in [6.45, 7) is 5.75. The zero-order valence-corrected chi connectivity index (χ0v) is 23.6. The molecule has 1 amide bonds. The molecule has 2 aromatic rings. The number of likely N-dealkylation sites (N-methyl/N-ethyl adjacent to an activating group) is 1. The van der Waals surface area contributed by atoms with Gasteiger partial charge in [0.1, 0.15) is 22.8 Å². The molecule has 6 nitrogen and oxygen atoms in total. The molecule has 1 aromatic heterocycles. The standard InChI is InChI=1S/C16H19N3OS.C13H16F4N2/c1-11-2-3-13(18-11)4-5-16(20)19-7-6-12-8-14(9-17)21-15(12)10-19;1-3-19-8-10(12(18-2)13(15,16)17)9-6-4-5-7-11(9)14/h4-5,8,11,13,18H,2-3,6-7,10H2,1H3;4-8,12,18-19H,3H2,1-2H3/b5-4+;10-8-/t11-,13?;/m1./s1. The van der Waals surface area contributed by atoms with Crippen LogP contribution in [0.1, 0.15) is 47.6 Å². The fourth-order valence-electron chi connectivity index (χ4n) is 4.70. The number of hydrogen-bond donors (Lipinski definition) is 3. The molecule has 0 spiro atoms. The Morgan fingerprint density at radius 1 is 1.32 bits per heavy atom. The van der Waals surface area contributed by atoms with Crippen LogP contribution in [0.4, 0.5) is 17.6 Å². The van der Waals surface area contributed by atoms with Gasteiger partial charge in [-0.2, -0.15) is 18.4 Å². The van der Waals surface area contributed by atoms with Crippen molar-refractivity contribution in [1.29, 1.82) is 5.26 Å². The van der Waals surface area contributed by atoms with E-state index in [1.807, 2.05) is 17.0 Å².